The number of ether oxygens (including phenoxy) is 1. The summed E-state index contributed by atoms with van der Waals surface area (Å²) in [6, 6.07) is 3.62. The molecule has 1 rings (SSSR count). The lowest BCUT2D eigenvalue weighted by Gasteiger charge is -2.09. The fourth-order valence-corrected chi connectivity index (χ4v) is 1.29. The summed E-state index contributed by atoms with van der Waals surface area (Å²) in [7, 11) is 1.32. The Hall–Kier alpha value is -1.22. The smallest absolute Gasteiger partial charge is 0.411 e. The molecule has 0 atom stereocenters. The Balaban J connectivity index is 2.98. The zero-order valence-electron chi connectivity index (χ0n) is 8.35. The highest BCUT2D eigenvalue weighted by molar-refractivity contribution is 6.31. The maximum Gasteiger partial charge on any atom is 0.411 e. The van der Waals surface area contributed by atoms with Crippen LogP contribution in [0.15, 0.2) is 12.1 Å². The summed E-state index contributed by atoms with van der Waals surface area (Å²) in [6.45, 7) is 3.81. The lowest BCUT2D eigenvalue weighted by molar-refractivity contribution is 0.187. The molecule has 0 aromatic heterocycles. The van der Waals surface area contributed by atoms with Gasteiger partial charge in [-0.15, -0.1) is 0 Å². The number of benzene rings is 1. The van der Waals surface area contributed by atoms with E-state index >= 15 is 0 Å². The van der Waals surface area contributed by atoms with Crippen LogP contribution in [-0.2, 0) is 4.74 Å². The van der Waals surface area contributed by atoms with Gasteiger partial charge in [-0.25, -0.2) is 4.79 Å². The Labute approximate surface area is 88.0 Å². The molecular weight excluding hydrogens is 202 g/mol. The van der Waals surface area contributed by atoms with Crippen molar-refractivity contribution in [1.82, 2.24) is 0 Å². The molecule has 1 amide bonds. The third-order valence-corrected chi connectivity index (χ3v) is 2.33. The predicted octanol–water partition coefficient (Wildman–Crippen LogP) is 3.14. The van der Waals surface area contributed by atoms with E-state index in [-0.39, 0.29) is 0 Å². The zero-order chi connectivity index (χ0) is 10.7. The summed E-state index contributed by atoms with van der Waals surface area (Å²) in [5.74, 6) is 0. The number of anilines is 1. The maximum atomic E-state index is 11.0. The summed E-state index contributed by atoms with van der Waals surface area (Å²) < 4.78 is 4.49. The maximum absolute atomic E-state index is 11.0. The predicted molar refractivity (Wildman–Crippen MR) is 57.0 cm³/mol. The van der Waals surface area contributed by atoms with Crippen LogP contribution in [0, 0.1) is 13.8 Å². The lowest BCUT2D eigenvalue weighted by Crippen LogP contribution is -2.11. The molecule has 14 heavy (non-hydrogen) atoms. The molecule has 0 heterocycles. The molecule has 1 aromatic rings. The molecule has 1 N–H and O–H groups in total. The minimum absolute atomic E-state index is 0.493. The van der Waals surface area contributed by atoms with Crippen molar-refractivity contribution in [2.24, 2.45) is 0 Å². The van der Waals surface area contributed by atoms with Gasteiger partial charge in [0.2, 0.25) is 0 Å². The van der Waals surface area contributed by atoms with Gasteiger partial charge in [0.05, 0.1) is 7.11 Å². The van der Waals surface area contributed by atoms with E-state index in [9.17, 15) is 4.79 Å². The van der Waals surface area contributed by atoms with E-state index in [1.54, 1.807) is 6.07 Å². The molecule has 76 valence electrons. The molecule has 0 saturated carbocycles. The first kappa shape index (κ1) is 10.9. The molecule has 4 heteroatoms. The average Bonchev–Trinajstić information content (AvgIpc) is 2.14. The first-order chi connectivity index (χ1) is 6.54. The van der Waals surface area contributed by atoms with Crippen LogP contribution in [0.25, 0.3) is 0 Å². The molecule has 0 spiro atoms. The van der Waals surface area contributed by atoms with E-state index in [0.717, 1.165) is 11.1 Å². The molecule has 0 bridgehead atoms. The van der Waals surface area contributed by atoms with E-state index in [1.807, 2.05) is 19.9 Å². The van der Waals surface area contributed by atoms with Gasteiger partial charge < -0.3 is 4.74 Å². The second kappa shape index (κ2) is 4.33. The van der Waals surface area contributed by atoms with Crippen molar-refractivity contribution in [2.45, 2.75) is 13.8 Å². The number of nitrogens with one attached hydrogen (secondary N) is 1. The van der Waals surface area contributed by atoms with Gasteiger partial charge in [-0.3, -0.25) is 5.32 Å². The van der Waals surface area contributed by atoms with Crippen LogP contribution in [0.1, 0.15) is 11.1 Å². The van der Waals surface area contributed by atoms with Gasteiger partial charge >= 0.3 is 6.09 Å². The zero-order valence-corrected chi connectivity index (χ0v) is 9.11. The summed E-state index contributed by atoms with van der Waals surface area (Å²) in [4.78, 5) is 11.0. The highest BCUT2D eigenvalue weighted by Gasteiger charge is 2.06. The quantitative estimate of drug-likeness (QED) is 0.779. The molecule has 0 radical (unpaired) electrons. The molecule has 0 unspecified atom stereocenters. The fraction of sp³-hybridized carbons (Fsp3) is 0.300. The topological polar surface area (TPSA) is 38.3 Å². The van der Waals surface area contributed by atoms with Crippen molar-refractivity contribution in [3.8, 4) is 0 Å². The van der Waals surface area contributed by atoms with Crippen molar-refractivity contribution < 1.29 is 9.53 Å². The van der Waals surface area contributed by atoms with Crippen LogP contribution < -0.4 is 5.32 Å². The number of carbonyl (C=O) groups is 1. The molecule has 3 nitrogen and oxygen atoms in total. The largest absolute Gasteiger partial charge is 0.453 e. The van der Waals surface area contributed by atoms with Crippen LogP contribution in [0.2, 0.25) is 5.02 Å². The number of halogens is 1. The van der Waals surface area contributed by atoms with Crippen molar-refractivity contribution in [1.29, 1.82) is 0 Å². The Morgan fingerprint density at radius 1 is 1.36 bits per heavy atom. The second-order valence-corrected chi connectivity index (χ2v) is 3.44. The van der Waals surface area contributed by atoms with Crippen LogP contribution in [-0.4, -0.2) is 13.2 Å². The Morgan fingerprint density at radius 3 is 2.57 bits per heavy atom. The van der Waals surface area contributed by atoms with E-state index in [0.29, 0.717) is 10.7 Å². The van der Waals surface area contributed by atoms with Crippen LogP contribution in [0.5, 0.6) is 0 Å². The Kier molecular flexibility index (Phi) is 3.36. The van der Waals surface area contributed by atoms with Gasteiger partial charge in [0, 0.05) is 10.7 Å². The van der Waals surface area contributed by atoms with Gasteiger partial charge in [-0.1, -0.05) is 17.7 Å². The number of carbonyl (C=O) groups excluding carboxylic acids is 1. The van der Waals surface area contributed by atoms with Crippen LogP contribution in [0.3, 0.4) is 0 Å². The molecule has 0 aliphatic carbocycles. The first-order valence-electron chi connectivity index (χ1n) is 4.16. The standard InChI is InChI=1S/C10H12ClNO2/c1-6-4-7(2)9(5-8(6)11)12-10(13)14-3/h4-5H,1-3H3,(H,12,13). The number of methoxy groups -OCH3 is 1. The highest BCUT2D eigenvalue weighted by atomic mass is 35.5. The number of hydrogen-bond donors (Lipinski definition) is 1. The Bertz CT molecular complexity index is 363. The van der Waals surface area contributed by atoms with Gasteiger partial charge in [-0.05, 0) is 31.0 Å². The van der Waals surface area contributed by atoms with Gasteiger partial charge in [0.1, 0.15) is 0 Å². The fourth-order valence-electron chi connectivity index (χ4n) is 1.12. The second-order valence-electron chi connectivity index (χ2n) is 3.03. The van der Waals surface area contributed by atoms with Crippen molar-refractivity contribution in [3.63, 3.8) is 0 Å². The number of aryl methyl sites for hydroxylation is 2. The van der Waals surface area contributed by atoms with E-state index < -0.39 is 6.09 Å². The summed E-state index contributed by atoms with van der Waals surface area (Å²) in [6.07, 6.45) is -0.493. The monoisotopic (exact) mass is 213 g/mol. The first-order valence-corrected chi connectivity index (χ1v) is 4.54. The van der Waals surface area contributed by atoms with Crippen LogP contribution >= 0.6 is 11.6 Å². The van der Waals surface area contributed by atoms with Crippen molar-refractivity contribution in [3.05, 3.63) is 28.3 Å². The SMILES string of the molecule is COC(=O)Nc1cc(Cl)c(C)cc1C. The third-order valence-electron chi connectivity index (χ3n) is 1.93. The highest BCUT2D eigenvalue weighted by Crippen LogP contribution is 2.24. The van der Waals surface area contributed by atoms with E-state index in [1.165, 1.54) is 7.11 Å². The molecule has 0 fully saturated rings. The molecule has 1 aromatic carbocycles. The lowest BCUT2D eigenvalue weighted by atomic mass is 10.1. The third kappa shape index (κ3) is 2.39. The van der Waals surface area contributed by atoms with Crippen molar-refractivity contribution in [2.75, 3.05) is 12.4 Å². The van der Waals surface area contributed by atoms with Gasteiger partial charge in [0.15, 0.2) is 0 Å². The normalized spacial score (nSPS) is 9.71. The molecule has 0 aliphatic heterocycles. The minimum Gasteiger partial charge on any atom is -0.453 e. The molecular formula is C10H12ClNO2. The summed E-state index contributed by atoms with van der Waals surface area (Å²) in [5, 5.41) is 3.21. The van der Waals surface area contributed by atoms with E-state index in [4.69, 9.17) is 11.6 Å². The molecule has 0 saturated heterocycles. The van der Waals surface area contributed by atoms with Gasteiger partial charge in [0.25, 0.3) is 0 Å². The van der Waals surface area contributed by atoms with E-state index in [2.05, 4.69) is 10.1 Å². The number of amides is 1. The number of rotatable bonds is 1. The van der Waals surface area contributed by atoms with Crippen molar-refractivity contribution >= 4 is 23.4 Å². The minimum atomic E-state index is -0.493. The average molecular weight is 214 g/mol. The Morgan fingerprint density at radius 2 is 2.00 bits per heavy atom. The van der Waals surface area contributed by atoms with Gasteiger partial charge in [-0.2, -0.15) is 0 Å². The summed E-state index contributed by atoms with van der Waals surface area (Å²) >= 11 is 5.92. The summed E-state index contributed by atoms with van der Waals surface area (Å²) in [5.41, 5.74) is 2.62. The molecule has 0 aliphatic rings. The number of hydrogen-bond acceptors (Lipinski definition) is 2. The van der Waals surface area contributed by atoms with Crippen LogP contribution in [0.4, 0.5) is 10.5 Å².